The fraction of sp³-hybridized carbons (Fsp3) is 0. The molecule has 0 bridgehead atoms. The monoisotopic (exact) mass is 217 g/mol. The predicted octanol–water partition coefficient (Wildman–Crippen LogP) is 3.34. The Kier molecular flexibility index (Phi) is 2.10. The molecule has 0 unspecified atom stereocenters. The summed E-state index contributed by atoms with van der Waals surface area (Å²) in [6, 6.07) is 2.88. The average molecular weight is 217 g/mol. The third kappa shape index (κ3) is 1.35. The van der Waals surface area contributed by atoms with Crippen LogP contribution in [0.2, 0.25) is 0 Å². The molecule has 5 heteroatoms. The fourth-order valence-corrected chi connectivity index (χ4v) is 1.28. The highest BCUT2D eigenvalue weighted by molar-refractivity contribution is 5.84. The molecule has 1 radical (unpaired) electrons. The Labute approximate surface area is 80.9 Å². The smallest absolute Gasteiger partial charge is 0.170 e. The molecule has 0 saturated carbocycles. The molecule has 0 amide bonds. The number of rotatable bonds is 0. The first kappa shape index (κ1) is 9.89. The van der Waals surface area contributed by atoms with Crippen molar-refractivity contribution in [3.8, 4) is 0 Å². The molecule has 2 aromatic rings. The van der Waals surface area contributed by atoms with E-state index in [1.165, 1.54) is 6.07 Å². The maximum absolute atomic E-state index is 13.1. The lowest BCUT2D eigenvalue weighted by Gasteiger charge is -2.03. The van der Waals surface area contributed by atoms with Crippen LogP contribution >= 0.6 is 0 Å². The van der Waals surface area contributed by atoms with E-state index < -0.39 is 39.9 Å². The Balaban J connectivity index is 3.04. The van der Waals surface area contributed by atoms with E-state index in [4.69, 9.17) is 0 Å². The van der Waals surface area contributed by atoms with Crippen molar-refractivity contribution in [2.45, 2.75) is 0 Å². The minimum Gasteiger partial charge on any atom is -0.206 e. The first-order chi connectivity index (χ1) is 7.02. The van der Waals surface area contributed by atoms with Gasteiger partial charge in [0.1, 0.15) is 5.82 Å². The molecular formula is C10H2F5. The van der Waals surface area contributed by atoms with E-state index in [1.54, 1.807) is 0 Å². The van der Waals surface area contributed by atoms with Gasteiger partial charge in [0.25, 0.3) is 0 Å². The van der Waals surface area contributed by atoms with Crippen molar-refractivity contribution in [3.63, 3.8) is 0 Å². The van der Waals surface area contributed by atoms with Gasteiger partial charge in [-0.3, -0.25) is 0 Å². The normalized spacial score (nSPS) is 11.0. The van der Waals surface area contributed by atoms with E-state index in [0.29, 0.717) is 6.07 Å². The van der Waals surface area contributed by atoms with E-state index in [9.17, 15) is 22.0 Å². The Hall–Kier alpha value is -1.65. The third-order valence-electron chi connectivity index (χ3n) is 1.96. The van der Waals surface area contributed by atoms with Gasteiger partial charge in [0.05, 0.1) is 11.5 Å². The molecule has 0 aliphatic rings. The van der Waals surface area contributed by atoms with Gasteiger partial charge in [-0.15, -0.1) is 0 Å². The molecule has 0 spiro atoms. The largest absolute Gasteiger partial charge is 0.206 e. The molecule has 0 fully saturated rings. The molecule has 0 nitrogen and oxygen atoms in total. The van der Waals surface area contributed by atoms with Crippen LogP contribution in [0.5, 0.6) is 0 Å². The minimum atomic E-state index is -1.68. The second-order valence-corrected chi connectivity index (χ2v) is 2.85. The van der Waals surface area contributed by atoms with Gasteiger partial charge in [0.2, 0.25) is 0 Å². The SMILES string of the molecule is Fc1[c]c(F)c2ccc(F)c(F)c2c1F. The number of benzene rings is 2. The number of hydrogen-bond donors (Lipinski definition) is 0. The molecule has 0 aliphatic heterocycles. The van der Waals surface area contributed by atoms with Crippen LogP contribution in [0.25, 0.3) is 10.8 Å². The zero-order valence-corrected chi connectivity index (χ0v) is 7.04. The second-order valence-electron chi connectivity index (χ2n) is 2.85. The highest BCUT2D eigenvalue weighted by atomic mass is 19.2. The van der Waals surface area contributed by atoms with Crippen molar-refractivity contribution >= 4 is 10.8 Å². The Morgan fingerprint density at radius 3 is 2.13 bits per heavy atom. The molecule has 2 aromatic carbocycles. The Morgan fingerprint density at radius 2 is 1.47 bits per heavy atom. The van der Waals surface area contributed by atoms with Crippen molar-refractivity contribution in [1.29, 1.82) is 0 Å². The fourth-order valence-electron chi connectivity index (χ4n) is 1.28. The lowest BCUT2D eigenvalue weighted by Crippen LogP contribution is -1.96. The number of halogens is 5. The van der Waals surface area contributed by atoms with Crippen LogP contribution in [0.1, 0.15) is 0 Å². The molecule has 0 heterocycles. The molecule has 0 aliphatic carbocycles. The molecule has 15 heavy (non-hydrogen) atoms. The van der Waals surface area contributed by atoms with Crippen molar-refractivity contribution in [1.82, 2.24) is 0 Å². The van der Waals surface area contributed by atoms with E-state index >= 15 is 0 Å². The molecule has 2 rings (SSSR count). The highest BCUT2D eigenvalue weighted by Gasteiger charge is 2.18. The molecule has 0 N–H and O–H groups in total. The summed E-state index contributed by atoms with van der Waals surface area (Å²) in [5.41, 5.74) is 0. The summed E-state index contributed by atoms with van der Waals surface area (Å²) in [6.45, 7) is 0. The Morgan fingerprint density at radius 1 is 0.800 bits per heavy atom. The van der Waals surface area contributed by atoms with E-state index in [2.05, 4.69) is 0 Å². The van der Waals surface area contributed by atoms with E-state index in [1.807, 2.05) is 0 Å². The predicted molar refractivity (Wildman–Crippen MR) is 42.6 cm³/mol. The molecule has 0 aromatic heterocycles. The second kappa shape index (κ2) is 3.18. The van der Waals surface area contributed by atoms with Gasteiger partial charge in [0.15, 0.2) is 23.3 Å². The van der Waals surface area contributed by atoms with Crippen molar-refractivity contribution < 1.29 is 22.0 Å². The van der Waals surface area contributed by atoms with Crippen LogP contribution in [0, 0.1) is 35.2 Å². The molecular weight excluding hydrogens is 215 g/mol. The highest BCUT2D eigenvalue weighted by Crippen LogP contribution is 2.26. The molecule has 0 saturated heterocycles. The summed E-state index contributed by atoms with van der Waals surface area (Å²) in [5.74, 6) is -7.57. The zero-order chi connectivity index (χ0) is 11.2. The van der Waals surface area contributed by atoms with Crippen molar-refractivity contribution in [2.24, 2.45) is 0 Å². The maximum atomic E-state index is 13.1. The van der Waals surface area contributed by atoms with E-state index in [0.717, 1.165) is 6.07 Å². The van der Waals surface area contributed by atoms with Crippen LogP contribution in [0.15, 0.2) is 12.1 Å². The number of fused-ring (bicyclic) bond motifs is 1. The zero-order valence-electron chi connectivity index (χ0n) is 7.04. The molecule has 77 valence electrons. The van der Waals surface area contributed by atoms with E-state index in [-0.39, 0.29) is 0 Å². The van der Waals surface area contributed by atoms with Gasteiger partial charge in [-0.2, -0.15) is 0 Å². The third-order valence-corrected chi connectivity index (χ3v) is 1.96. The standard InChI is InChI=1S/C10H2F5/c11-5-2-1-4-6(12)3-7(13)10(15)8(4)9(5)14/h1-2H. The van der Waals surface area contributed by atoms with Crippen LogP contribution in [-0.2, 0) is 0 Å². The van der Waals surface area contributed by atoms with Gasteiger partial charge in [0, 0.05) is 5.39 Å². The summed E-state index contributed by atoms with van der Waals surface area (Å²) in [4.78, 5) is 0. The van der Waals surface area contributed by atoms with Gasteiger partial charge in [-0.05, 0) is 12.1 Å². The maximum Gasteiger partial charge on any atom is 0.170 e. The lowest BCUT2D eigenvalue weighted by molar-refractivity contribution is 0.485. The number of hydrogen-bond acceptors (Lipinski definition) is 0. The summed E-state index contributed by atoms with van der Waals surface area (Å²) in [6.07, 6.45) is 0. The Bertz CT molecular complexity index is 539. The van der Waals surface area contributed by atoms with Gasteiger partial charge >= 0.3 is 0 Å². The minimum absolute atomic E-state index is 0.548. The van der Waals surface area contributed by atoms with Crippen LogP contribution in [0.3, 0.4) is 0 Å². The first-order valence-corrected chi connectivity index (χ1v) is 3.86. The van der Waals surface area contributed by atoms with Crippen LogP contribution in [0.4, 0.5) is 22.0 Å². The quantitative estimate of drug-likeness (QED) is 0.469. The summed E-state index contributed by atoms with van der Waals surface area (Å²) in [7, 11) is 0. The van der Waals surface area contributed by atoms with Gasteiger partial charge in [-0.25, -0.2) is 22.0 Å². The van der Waals surface area contributed by atoms with Gasteiger partial charge in [-0.1, -0.05) is 0 Å². The van der Waals surface area contributed by atoms with Gasteiger partial charge < -0.3 is 0 Å². The first-order valence-electron chi connectivity index (χ1n) is 3.86. The molecule has 0 atom stereocenters. The summed E-state index contributed by atoms with van der Waals surface area (Å²) < 4.78 is 64.4. The summed E-state index contributed by atoms with van der Waals surface area (Å²) >= 11 is 0. The summed E-state index contributed by atoms with van der Waals surface area (Å²) in [5, 5.41) is -1.59. The van der Waals surface area contributed by atoms with Crippen molar-refractivity contribution in [2.75, 3.05) is 0 Å². The lowest BCUT2D eigenvalue weighted by atomic mass is 10.1. The van der Waals surface area contributed by atoms with Crippen LogP contribution < -0.4 is 0 Å². The average Bonchev–Trinajstić information content (AvgIpc) is 2.19. The van der Waals surface area contributed by atoms with Crippen LogP contribution in [-0.4, -0.2) is 0 Å². The topological polar surface area (TPSA) is 0 Å². The van der Waals surface area contributed by atoms with Crippen molar-refractivity contribution in [3.05, 3.63) is 47.3 Å².